The SMILES string of the molecule is CCCCCCNc1ccc2ncsc2c1. The molecule has 1 N–H and O–H groups in total. The Labute approximate surface area is 101 Å². The minimum absolute atomic E-state index is 1.07. The second-order valence-corrected chi connectivity index (χ2v) is 4.91. The van der Waals surface area contributed by atoms with Gasteiger partial charge in [-0.1, -0.05) is 26.2 Å². The maximum absolute atomic E-state index is 4.27. The molecule has 0 amide bonds. The van der Waals surface area contributed by atoms with Gasteiger partial charge in [0.25, 0.3) is 0 Å². The summed E-state index contributed by atoms with van der Waals surface area (Å²) in [7, 11) is 0. The highest BCUT2D eigenvalue weighted by Gasteiger charge is 1.97. The molecule has 1 aromatic carbocycles. The predicted octanol–water partition coefficient (Wildman–Crippen LogP) is 4.29. The topological polar surface area (TPSA) is 24.9 Å². The van der Waals surface area contributed by atoms with Crippen molar-refractivity contribution >= 4 is 27.2 Å². The number of aromatic nitrogens is 1. The lowest BCUT2D eigenvalue weighted by molar-refractivity contribution is 0.685. The van der Waals surface area contributed by atoms with E-state index in [-0.39, 0.29) is 0 Å². The average Bonchev–Trinajstić information content (AvgIpc) is 2.76. The van der Waals surface area contributed by atoms with Crippen molar-refractivity contribution in [2.45, 2.75) is 32.6 Å². The van der Waals surface area contributed by atoms with Crippen molar-refractivity contribution in [1.82, 2.24) is 4.98 Å². The van der Waals surface area contributed by atoms with E-state index in [0.29, 0.717) is 0 Å². The number of benzene rings is 1. The van der Waals surface area contributed by atoms with Gasteiger partial charge in [-0.25, -0.2) is 4.98 Å². The fourth-order valence-electron chi connectivity index (χ4n) is 1.75. The Morgan fingerprint density at radius 2 is 2.19 bits per heavy atom. The van der Waals surface area contributed by atoms with Crippen LogP contribution in [0.2, 0.25) is 0 Å². The minimum Gasteiger partial charge on any atom is -0.385 e. The lowest BCUT2D eigenvalue weighted by Gasteiger charge is -2.05. The van der Waals surface area contributed by atoms with Gasteiger partial charge in [0.05, 0.1) is 15.7 Å². The molecule has 0 fully saturated rings. The minimum atomic E-state index is 1.07. The molecule has 0 atom stereocenters. The highest BCUT2D eigenvalue weighted by molar-refractivity contribution is 7.16. The summed E-state index contributed by atoms with van der Waals surface area (Å²) in [6.45, 7) is 3.31. The monoisotopic (exact) mass is 234 g/mol. The second-order valence-electron chi connectivity index (χ2n) is 4.02. The predicted molar refractivity (Wildman–Crippen MR) is 72.3 cm³/mol. The third kappa shape index (κ3) is 2.95. The Bertz CT molecular complexity index is 436. The summed E-state index contributed by atoms with van der Waals surface area (Å²) in [5, 5.41) is 3.46. The van der Waals surface area contributed by atoms with E-state index in [9.17, 15) is 0 Å². The van der Waals surface area contributed by atoms with Gasteiger partial charge in [0.15, 0.2) is 0 Å². The molecule has 2 nitrogen and oxygen atoms in total. The highest BCUT2D eigenvalue weighted by atomic mass is 32.1. The van der Waals surface area contributed by atoms with Crippen LogP contribution in [-0.2, 0) is 0 Å². The van der Waals surface area contributed by atoms with Crippen LogP contribution in [0.4, 0.5) is 5.69 Å². The molecular weight excluding hydrogens is 216 g/mol. The van der Waals surface area contributed by atoms with Gasteiger partial charge >= 0.3 is 0 Å². The van der Waals surface area contributed by atoms with Crippen molar-refractivity contribution in [2.75, 3.05) is 11.9 Å². The van der Waals surface area contributed by atoms with Crippen LogP contribution in [0.15, 0.2) is 23.7 Å². The summed E-state index contributed by atoms with van der Waals surface area (Å²) in [5.41, 5.74) is 4.21. The summed E-state index contributed by atoms with van der Waals surface area (Å²) in [6, 6.07) is 6.38. The molecule has 2 rings (SSSR count). The van der Waals surface area contributed by atoms with Gasteiger partial charge in [0.1, 0.15) is 0 Å². The summed E-state index contributed by atoms with van der Waals surface area (Å²) in [6.07, 6.45) is 5.23. The third-order valence-corrected chi connectivity index (χ3v) is 3.48. The van der Waals surface area contributed by atoms with Crippen molar-refractivity contribution in [3.63, 3.8) is 0 Å². The van der Waals surface area contributed by atoms with E-state index in [0.717, 1.165) is 12.1 Å². The third-order valence-electron chi connectivity index (χ3n) is 2.69. The molecule has 1 heterocycles. The number of thiazole rings is 1. The molecule has 2 aromatic rings. The molecule has 0 spiro atoms. The number of rotatable bonds is 6. The van der Waals surface area contributed by atoms with Crippen molar-refractivity contribution in [3.05, 3.63) is 23.7 Å². The molecule has 16 heavy (non-hydrogen) atoms. The number of hydrogen-bond donors (Lipinski definition) is 1. The van der Waals surface area contributed by atoms with Gasteiger partial charge in [-0.15, -0.1) is 11.3 Å². The van der Waals surface area contributed by atoms with E-state index in [2.05, 4.69) is 35.4 Å². The van der Waals surface area contributed by atoms with Crippen molar-refractivity contribution in [1.29, 1.82) is 0 Å². The van der Waals surface area contributed by atoms with Gasteiger partial charge in [-0.2, -0.15) is 0 Å². The molecule has 0 saturated carbocycles. The highest BCUT2D eigenvalue weighted by Crippen LogP contribution is 2.21. The zero-order valence-electron chi connectivity index (χ0n) is 9.70. The van der Waals surface area contributed by atoms with Crippen molar-refractivity contribution in [3.8, 4) is 0 Å². The maximum Gasteiger partial charge on any atom is 0.0813 e. The number of hydrogen-bond acceptors (Lipinski definition) is 3. The standard InChI is InChI=1S/C13H18N2S/c1-2-3-4-5-8-14-11-6-7-12-13(9-11)16-10-15-12/h6-7,9-10,14H,2-5,8H2,1H3. The Hall–Kier alpha value is -1.09. The Morgan fingerprint density at radius 1 is 1.25 bits per heavy atom. The largest absolute Gasteiger partial charge is 0.385 e. The molecule has 0 bridgehead atoms. The zero-order valence-corrected chi connectivity index (χ0v) is 10.5. The van der Waals surface area contributed by atoms with Crippen LogP contribution in [0.3, 0.4) is 0 Å². The summed E-state index contributed by atoms with van der Waals surface area (Å²) in [4.78, 5) is 4.27. The fourth-order valence-corrected chi connectivity index (χ4v) is 2.47. The van der Waals surface area contributed by atoms with Crippen LogP contribution in [0.25, 0.3) is 10.2 Å². The number of anilines is 1. The Kier molecular flexibility index (Phi) is 4.17. The number of nitrogens with one attached hydrogen (secondary N) is 1. The van der Waals surface area contributed by atoms with E-state index in [1.807, 2.05) is 5.51 Å². The zero-order chi connectivity index (χ0) is 11.2. The van der Waals surface area contributed by atoms with Crippen LogP contribution >= 0.6 is 11.3 Å². The summed E-state index contributed by atoms with van der Waals surface area (Å²) < 4.78 is 1.26. The van der Waals surface area contributed by atoms with Crippen molar-refractivity contribution in [2.24, 2.45) is 0 Å². The molecule has 1 aromatic heterocycles. The van der Waals surface area contributed by atoms with Gasteiger partial charge < -0.3 is 5.32 Å². The fraction of sp³-hybridized carbons (Fsp3) is 0.462. The number of unbranched alkanes of at least 4 members (excludes halogenated alkanes) is 3. The molecule has 0 unspecified atom stereocenters. The van der Waals surface area contributed by atoms with E-state index >= 15 is 0 Å². The molecule has 86 valence electrons. The van der Waals surface area contributed by atoms with Crippen LogP contribution in [-0.4, -0.2) is 11.5 Å². The maximum atomic E-state index is 4.27. The molecule has 0 aliphatic heterocycles. The van der Waals surface area contributed by atoms with Crippen LogP contribution < -0.4 is 5.32 Å². The first kappa shape index (κ1) is 11.4. The first-order valence-electron chi connectivity index (χ1n) is 5.97. The van der Waals surface area contributed by atoms with Gasteiger partial charge in [-0.05, 0) is 24.6 Å². The van der Waals surface area contributed by atoms with Crippen LogP contribution in [0.1, 0.15) is 32.6 Å². The lowest BCUT2D eigenvalue weighted by Crippen LogP contribution is -2.00. The quantitative estimate of drug-likeness (QED) is 0.754. The van der Waals surface area contributed by atoms with Gasteiger partial charge in [-0.3, -0.25) is 0 Å². The Morgan fingerprint density at radius 3 is 3.06 bits per heavy atom. The molecule has 0 saturated heterocycles. The molecule has 0 aliphatic carbocycles. The molecule has 3 heteroatoms. The Balaban J connectivity index is 1.84. The normalized spacial score (nSPS) is 10.8. The van der Waals surface area contributed by atoms with Gasteiger partial charge in [0, 0.05) is 12.2 Å². The smallest absolute Gasteiger partial charge is 0.0813 e. The summed E-state index contributed by atoms with van der Waals surface area (Å²) >= 11 is 1.70. The van der Waals surface area contributed by atoms with E-state index in [1.165, 1.54) is 36.1 Å². The van der Waals surface area contributed by atoms with E-state index in [4.69, 9.17) is 0 Å². The number of fused-ring (bicyclic) bond motifs is 1. The van der Waals surface area contributed by atoms with Crippen LogP contribution in [0.5, 0.6) is 0 Å². The molecular formula is C13H18N2S. The second kappa shape index (κ2) is 5.85. The van der Waals surface area contributed by atoms with Crippen molar-refractivity contribution < 1.29 is 0 Å². The average molecular weight is 234 g/mol. The summed E-state index contributed by atoms with van der Waals surface area (Å²) in [5.74, 6) is 0. The first-order chi connectivity index (χ1) is 7.90. The molecule has 0 radical (unpaired) electrons. The van der Waals surface area contributed by atoms with Gasteiger partial charge in [0.2, 0.25) is 0 Å². The number of nitrogens with zero attached hydrogens (tertiary/aromatic N) is 1. The van der Waals surface area contributed by atoms with Crippen LogP contribution in [0, 0.1) is 0 Å². The van der Waals surface area contributed by atoms with E-state index < -0.39 is 0 Å². The first-order valence-corrected chi connectivity index (χ1v) is 6.85. The molecule has 0 aliphatic rings. The lowest BCUT2D eigenvalue weighted by atomic mass is 10.2. The van der Waals surface area contributed by atoms with E-state index in [1.54, 1.807) is 11.3 Å².